The standard InChI is InChI=1S/C13H20N4O2.ClH/c1-10(19-2)13(18)16-12-4-3-11(9-15-12)17-7-5-14-6-8-17;/h3-4,9-10,14H,5-8H2,1-2H3,(H,15,16,18);1H. The highest BCUT2D eigenvalue weighted by Crippen LogP contribution is 2.15. The number of rotatable bonds is 4. The molecular weight excluding hydrogens is 280 g/mol. The molecule has 0 aliphatic carbocycles. The fourth-order valence-electron chi connectivity index (χ4n) is 1.90. The maximum atomic E-state index is 11.6. The van der Waals surface area contributed by atoms with Crippen LogP contribution in [0.4, 0.5) is 11.5 Å². The average Bonchev–Trinajstić information content (AvgIpc) is 2.48. The summed E-state index contributed by atoms with van der Waals surface area (Å²) in [5, 5.41) is 6.02. The normalized spacial score (nSPS) is 16.2. The van der Waals surface area contributed by atoms with E-state index in [1.165, 1.54) is 7.11 Å². The van der Waals surface area contributed by atoms with Crippen LogP contribution in [0.15, 0.2) is 18.3 Å². The second kappa shape index (κ2) is 8.04. The average molecular weight is 301 g/mol. The Morgan fingerprint density at radius 3 is 2.70 bits per heavy atom. The van der Waals surface area contributed by atoms with Crippen LogP contribution in [0.2, 0.25) is 0 Å². The van der Waals surface area contributed by atoms with Gasteiger partial charge in [0.05, 0.1) is 11.9 Å². The van der Waals surface area contributed by atoms with E-state index in [-0.39, 0.29) is 18.3 Å². The lowest BCUT2D eigenvalue weighted by Gasteiger charge is -2.29. The molecule has 1 fully saturated rings. The number of pyridine rings is 1. The molecule has 1 amide bonds. The Kier molecular flexibility index (Phi) is 6.70. The van der Waals surface area contributed by atoms with Gasteiger partial charge in [-0.1, -0.05) is 0 Å². The number of hydrogen-bond acceptors (Lipinski definition) is 5. The number of methoxy groups -OCH3 is 1. The number of nitrogens with zero attached hydrogens (tertiary/aromatic N) is 2. The minimum atomic E-state index is -0.477. The lowest BCUT2D eigenvalue weighted by atomic mass is 10.3. The first-order valence-electron chi connectivity index (χ1n) is 6.46. The third-order valence-corrected chi connectivity index (χ3v) is 3.20. The molecule has 0 saturated carbocycles. The molecule has 0 spiro atoms. The van der Waals surface area contributed by atoms with E-state index < -0.39 is 6.10 Å². The summed E-state index contributed by atoms with van der Waals surface area (Å²) >= 11 is 0. The van der Waals surface area contributed by atoms with Crippen molar-refractivity contribution in [1.29, 1.82) is 0 Å². The van der Waals surface area contributed by atoms with Crippen LogP contribution in [-0.2, 0) is 9.53 Å². The Hall–Kier alpha value is -1.37. The van der Waals surface area contributed by atoms with Gasteiger partial charge in [-0.2, -0.15) is 0 Å². The number of amides is 1. The summed E-state index contributed by atoms with van der Waals surface area (Å²) in [7, 11) is 1.51. The monoisotopic (exact) mass is 300 g/mol. The van der Waals surface area contributed by atoms with Crippen molar-refractivity contribution in [2.24, 2.45) is 0 Å². The lowest BCUT2D eigenvalue weighted by molar-refractivity contribution is -0.124. The zero-order chi connectivity index (χ0) is 13.7. The summed E-state index contributed by atoms with van der Waals surface area (Å²) in [6.07, 6.45) is 1.31. The zero-order valence-corrected chi connectivity index (χ0v) is 12.6. The van der Waals surface area contributed by atoms with Crippen molar-refractivity contribution >= 4 is 29.8 Å². The Morgan fingerprint density at radius 1 is 1.45 bits per heavy atom. The summed E-state index contributed by atoms with van der Waals surface area (Å²) < 4.78 is 4.95. The van der Waals surface area contributed by atoms with E-state index in [1.807, 2.05) is 12.1 Å². The molecule has 1 aliphatic heterocycles. The number of anilines is 2. The summed E-state index contributed by atoms with van der Waals surface area (Å²) in [6.45, 7) is 5.64. The van der Waals surface area contributed by atoms with E-state index in [0.29, 0.717) is 5.82 Å². The number of nitrogens with one attached hydrogen (secondary N) is 2. The molecule has 7 heteroatoms. The highest BCUT2D eigenvalue weighted by molar-refractivity contribution is 5.93. The third-order valence-electron chi connectivity index (χ3n) is 3.20. The molecule has 1 atom stereocenters. The minimum absolute atomic E-state index is 0. The number of carbonyl (C=O) groups excluding carboxylic acids is 1. The van der Waals surface area contributed by atoms with Gasteiger partial charge in [0.25, 0.3) is 5.91 Å². The zero-order valence-electron chi connectivity index (χ0n) is 11.8. The smallest absolute Gasteiger partial charge is 0.254 e. The number of aromatic nitrogens is 1. The van der Waals surface area contributed by atoms with Crippen LogP contribution < -0.4 is 15.5 Å². The first-order valence-corrected chi connectivity index (χ1v) is 6.46. The van der Waals surface area contributed by atoms with Crippen molar-refractivity contribution < 1.29 is 9.53 Å². The SMILES string of the molecule is COC(C)C(=O)Nc1ccc(N2CCNCC2)cn1.Cl. The Morgan fingerprint density at radius 2 is 2.15 bits per heavy atom. The first-order chi connectivity index (χ1) is 9.20. The molecule has 0 bridgehead atoms. The van der Waals surface area contributed by atoms with Gasteiger partial charge >= 0.3 is 0 Å². The number of ether oxygens (including phenoxy) is 1. The van der Waals surface area contributed by atoms with Crippen molar-refractivity contribution in [3.63, 3.8) is 0 Å². The van der Waals surface area contributed by atoms with Gasteiger partial charge in [-0.25, -0.2) is 4.98 Å². The van der Waals surface area contributed by atoms with Gasteiger partial charge in [-0.05, 0) is 19.1 Å². The molecule has 0 radical (unpaired) electrons. The van der Waals surface area contributed by atoms with E-state index in [1.54, 1.807) is 13.1 Å². The molecule has 2 N–H and O–H groups in total. The molecule has 1 aliphatic rings. The molecular formula is C13H21ClN4O2. The summed E-state index contributed by atoms with van der Waals surface area (Å²) in [5.41, 5.74) is 1.08. The number of hydrogen-bond donors (Lipinski definition) is 2. The van der Waals surface area contributed by atoms with Gasteiger partial charge in [0.2, 0.25) is 0 Å². The van der Waals surface area contributed by atoms with Crippen LogP contribution in [-0.4, -0.2) is 50.3 Å². The molecule has 2 heterocycles. The molecule has 1 saturated heterocycles. The highest BCUT2D eigenvalue weighted by Gasteiger charge is 2.13. The second-order valence-corrected chi connectivity index (χ2v) is 4.51. The second-order valence-electron chi connectivity index (χ2n) is 4.51. The van der Waals surface area contributed by atoms with E-state index in [4.69, 9.17) is 4.74 Å². The van der Waals surface area contributed by atoms with Gasteiger partial charge in [0.15, 0.2) is 0 Å². The van der Waals surface area contributed by atoms with Gasteiger partial charge in [0, 0.05) is 33.3 Å². The van der Waals surface area contributed by atoms with Crippen LogP contribution in [0.1, 0.15) is 6.92 Å². The molecule has 1 aromatic rings. The Bertz CT molecular complexity index is 421. The lowest BCUT2D eigenvalue weighted by Crippen LogP contribution is -2.43. The van der Waals surface area contributed by atoms with Gasteiger partial charge < -0.3 is 20.3 Å². The van der Waals surface area contributed by atoms with Crippen LogP contribution in [0.5, 0.6) is 0 Å². The topological polar surface area (TPSA) is 66.5 Å². The van der Waals surface area contributed by atoms with Crippen molar-refractivity contribution in [3.05, 3.63) is 18.3 Å². The van der Waals surface area contributed by atoms with Crippen molar-refractivity contribution in [3.8, 4) is 0 Å². The van der Waals surface area contributed by atoms with E-state index >= 15 is 0 Å². The Labute approximate surface area is 125 Å². The molecule has 112 valence electrons. The fourth-order valence-corrected chi connectivity index (χ4v) is 1.90. The quantitative estimate of drug-likeness (QED) is 0.864. The predicted octanol–water partition coefficient (Wildman–Crippen LogP) is 0.886. The van der Waals surface area contributed by atoms with E-state index in [9.17, 15) is 4.79 Å². The number of piperazine rings is 1. The molecule has 20 heavy (non-hydrogen) atoms. The predicted molar refractivity (Wildman–Crippen MR) is 81.7 cm³/mol. The van der Waals surface area contributed by atoms with Crippen molar-refractivity contribution in [2.45, 2.75) is 13.0 Å². The van der Waals surface area contributed by atoms with Gasteiger partial charge in [0.1, 0.15) is 11.9 Å². The molecule has 1 unspecified atom stereocenters. The van der Waals surface area contributed by atoms with E-state index in [2.05, 4.69) is 20.5 Å². The maximum Gasteiger partial charge on any atom is 0.254 e. The minimum Gasteiger partial charge on any atom is -0.372 e. The van der Waals surface area contributed by atoms with Crippen LogP contribution in [0.25, 0.3) is 0 Å². The van der Waals surface area contributed by atoms with Crippen LogP contribution in [0, 0.1) is 0 Å². The molecule has 2 rings (SSSR count). The van der Waals surface area contributed by atoms with Crippen molar-refractivity contribution in [1.82, 2.24) is 10.3 Å². The molecule has 0 aromatic carbocycles. The van der Waals surface area contributed by atoms with Crippen molar-refractivity contribution in [2.75, 3.05) is 43.5 Å². The highest BCUT2D eigenvalue weighted by atomic mass is 35.5. The van der Waals surface area contributed by atoms with Gasteiger partial charge in [-0.3, -0.25) is 4.79 Å². The number of halogens is 1. The molecule has 1 aromatic heterocycles. The summed E-state index contributed by atoms with van der Waals surface area (Å²) in [5.74, 6) is 0.359. The summed E-state index contributed by atoms with van der Waals surface area (Å²) in [4.78, 5) is 18.2. The van der Waals surface area contributed by atoms with Crippen LogP contribution >= 0.6 is 12.4 Å². The van der Waals surface area contributed by atoms with E-state index in [0.717, 1.165) is 31.9 Å². The van der Waals surface area contributed by atoms with Crippen LogP contribution in [0.3, 0.4) is 0 Å². The maximum absolute atomic E-state index is 11.6. The fraction of sp³-hybridized carbons (Fsp3) is 0.538. The summed E-state index contributed by atoms with van der Waals surface area (Å²) in [6, 6.07) is 3.79. The Balaban J connectivity index is 0.00000200. The molecule has 6 nitrogen and oxygen atoms in total. The van der Waals surface area contributed by atoms with Gasteiger partial charge in [-0.15, -0.1) is 12.4 Å². The number of carbonyl (C=O) groups is 1. The largest absolute Gasteiger partial charge is 0.372 e. The first kappa shape index (κ1) is 16.7. The third kappa shape index (κ3) is 4.33.